The Hall–Kier alpha value is -1.89. The number of carbonyl (C=O) groups is 1. The highest BCUT2D eigenvalue weighted by molar-refractivity contribution is 5.91. The maximum Gasteiger partial charge on any atom is 0.267 e. The molecule has 0 saturated carbocycles. The average molecular weight is 373 g/mol. The van der Waals surface area contributed by atoms with Gasteiger partial charge >= 0.3 is 0 Å². The minimum absolute atomic E-state index is 0.437. The van der Waals surface area contributed by atoms with Gasteiger partial charge in [-0.1, -0.05) is 25.1 Å². The summed E-state index contributed by atoms with van der Waals surface area (Å²) in [5, 5.41) is 8.66. The largest absolute Gasteiger partial charge is 0.368 e. The van der Waals surface area contributed by atoms with Crippen LogP contribution >= 0.6 is 0 Å². The zero-order chi connectivity index (χ0) is 19.3. The van der Waals surface area contributed by atoms with E-state index in [9.17, 15) is 4.79 Å². The van der Waals surface area contributed by atoms with Crippen LogP contribution in [0, 0.1) is 5.41 Å². The summed E-state index contributed by atoms with van der Waals surface area (Å²) in [6, 6.07) is 8.11. The topological polar surface area (TPSA) is 59.0 Å². The van der Waals surface area contributed by atoms with Crippen LogP contribution < -0.4 is 10.4 Å². The molecule has 0 aliphatic carbocycles. The van der Waals surface area contributed by atoms with Gasteiger partial charge in [0.1, 0.15) is 0 Å². The van der Waals surface area contributed by atoms with Gasteiger partial charge in [0.25, 0.3) is 5.91 Å². The van der Waals surface area contributed by atoms with Gasteiger partial charge in [-0.25, -0.2) is 5.48 Å². The van der Waals surface area contributed by atoms with Gasteiger partial charge in [-0.15, -0.1) is 0 Å². The van der Waals surface area contributed by atoms with Crippen LogP contribution in [0.2, 0.25) is 0 Å². The van der Waals surface area contributed by atoms with E-state index in [0.29, 0.717) is 5.41 Å². The summed E-state index contributed by atoms with van der Waals surface area (Å²) in [6.45, 7) is 10.2. The van der Waals surface area contributed by atoms with Crippen molar-refractivity contribution in [2.75, 3.05) is 57.8 Å². The fraction of sp³-hybridized carbons (Fsp3) is 0.571. The number of hydrogen-bond donors (Lipinski definition) is 2. The van der Waals surface area contributed by atoms with Gasteiger partial charge in [0.05, 0.1) is 0 Å². The number of piperidine rings is 1. The standard InChI is InChI=1S/C21H32N4O2/c1-21(9-11-23(2)12-10-21)17-24-13-15-25(16-14-24)19-6-4-3-5-18(19)7-8-20(26)22-27/h3-8,27H,9-17H2,1-2H3,(H,22,26)/b8-7+. The van der Waals surface area contributed by atoms with Gasteiger partial charge in [-0.3, -0.25) is 14.9 Å². The molecule has 3 rings (SSSR count). The number of likely N-dealkylation sites (tertiary alicyclic amines) is 1. The number of hydrogen-bond acceptors (Lipinski definition) is 5. The van der Waals surface area contributed by atoms with Gasteiger partial charge in [-0.2, -0.15) is 0 Å². The number of carbonyl (C=O) groups excluding carboxylic acids is 1. The summed E-state index contributed by atoms with van der Waals surface area (Å²) in [4.78, 5) is 18.7. The molecule has 2 fully saturated rings. The number of piperazine rings is 1. The lowest BCUT2D eigenvalue weighted by atomic mass is 9.80. The summed E-state index contributed by atoms with van der Waals surface area (Å²) in [5.74, 6) is -0.513. The molecule has 2 aliphatic rings. The molecule has 1 aromatic rings. The minimum Gasteiger partial charge on any atom is -0.368 e. The molecule has 1 amide bonds. The van der Waals surface area contributed by atoms with Crippen molar-refractivity contribution in [1.82, 2.24) is 15.3 Å². The third-order valence-electron chi connectivity index (χ3n) is 5.97. The molecule has 2 heterocycles. The molecule has 0 radical (unpaired) electrons. The zero-order valence-corrected chi connectivity index (χ0v) is 16.5. The third kappa shape index (κ3) is 5.31. The number of benzene rings is 1. The molecule has 6 nitrogen and oxygen atoms in total. The predicted octanol–water partition coefficient (Wildman–Crippen LogP) is 2.06. The Bertz CT molecular complexity index is 660. The smallest absolute Gasteiger partial charge is 0.267 e. The van der Waals surface area contributed by atoms with Gasteiger partial charge in [0, 0.05) is 44.5 Å². The quantitative estimate of drug-likeness (QED) is 0.471. The minimum atomic E-state index is -0.513. The van der Waals surface area contributed by atoms with E-state index >= 15 is 0 Å². The van der Waals surface area contributed by atoms with E-state index < -0.39 is 5.91 Å². The summed E-state index contributed by atoms with van der Waals surface area (Å²) in [5.41, 5.74) is 4.21. The van der Waals surface area contributed by atoms with Gasteiger partial charge < -0.3 is 9.80 Å². The molecule has 2 saturated heterocycles. The lowest BCUT2D eigenvalue weighted by Gasteiger charge is -2.44. The molecule has 27 heavy (non-hydrogen) atoms. The van der Waals surface area contributed by atoms with Crippen LogP contribution in [0.3, 0.4) is 0 Å². The monoisotopic (exact) mass is 372 g/mol. The van der Waals surface area contributed by atoms with Gasteiger partial charge in [0.15, 0.2) is 0 Å². The summed E-state index contributed by atoms with van der Waals surface area (Å²) >= 11 is 0. The van der Waals surface area contributed by atoms with E-state index in [1.54, 1.807) is 11.6 Å². The van der Waals surface area contributed by atoms with Crippen LogP contribution in [0.25, 0.3) is 6.08 Å². The lowest BCUT2D eigenvalue weighted by Crippen LogP contribution is -2.51. The Labute approximate surface area is 162 Å². The summed E-state index contributed by atoms with van der Waals surface area (Å²) in [6.07, 6.45) is 5.68. The highest BCUT2D eigenvalue weighted by atomic mass is 16.5. The molecule has 0 aromatic heterocycles. The number of para-hydroxylation sites is 1. The highest BCUT2D eigenvalue weighted by Crippen LogP contribution is 2.32. The molecule has 0 unspecified atom stereocenters. The van der Waals surface area contributed by atoms with Crippen molar-refractivity contribution in [2.24, 2.45) is 5.41 Å². The van der Waals surface area contributed by atoms with E-state index in [0.717, 1.165) is 37.4 Å². The number of hydroxylamine groups is 1. The first-order valence-corrected chi connectivity index (χ1v) is 9.86. The fourth-order valence-electron chi connectivity index (χ4n) is 4.12. The Kier molecular flexibility index (Phi) is 6.52. The number of amides is 1. The second-order valence-electron chi connectivity index (χ2n) is 8.25. The molecular weight excluding hydrogens is 340 g/mol. The van der Waals surface area contributed by atoms with Crippen LogP contribution in [0.1, 0.15) is 25.3 Å². The molecule has 6 heteroatoms. The van der Waals surface area contributed by atoms with Crippen molar-refractivity contribution in [3.63, 3.8) is 0 Å². The normalized spacial score (nSPS) is 21.5. The predicted molar refractivity (Wildman–Crippen MR) is 109 cm³/mol. The van der Waals surface area contributed by atoms with Crippen molar-refractivity contribution in [3.8, 4) is 0 Å². The third-order valence-corrected chi connectivity index (χ3v) is 5.97. The maximum atomic E-state index is 11.3. The van der Waals surface area contributed by atoms with E-state index in [1.807, 2.05) is 18.2 Å². The number of nitrogens with zero attached hydrogens (tertiary/aromatic N) is 3. The highest BCUT2D eigenvalue weighted by Gasteiger charge is 2.32. The Morgan fingerprint density at radius 2 is 1.81 bits per heavy atom. The van der Waals surface area contributed by atoms with Crippen LogP contribution in [0.15, 0.2) is 30.3 Å². The average Bonchev–Trinajstić information content (AvgIpc) is 2.69. The Morgan fingerprint density at radius 1 is 1.15 bits per heavy atom. The van der Waals surface area contributed by atoms with E-state index in [-0.39, 0.29) is 0 Å². The molecule has 148 valence electrons. The van der Waals surface area contributed by atoms with Gasteiger partial charge in [0.2, 0.25) is 0 Å². The number of rotatable bonds is 5. The number of nitrogens with one attached hydrogen (secondary N) is 1. The summed E-state index contributed by atoms with van der Waals surface area (Å²) in [7, 11) is 2.22. The van der Waals surface area contributed by atoms with Crippen molar-refractivity contribution < 1.29 is 10.0 Å². The van der Waals surface area contributed by atoms with Crippen molar-refractivity contribution in [2.45, 2.75) is 19.8 Å². The Balaban J connectivity index is 1.58. The summed E-state index contributed by atoms with van der Waals surface area (Å²) < 4.78 is 0. The fourth-order valence-corrected chi connectivity index (χ4v) is 4.12. The SMILES string of the molecule is CN1CCC(C)(CN2CCN(c3ccccc3/C=C/C(=O)NO)CC2)CC1. The Morgan fingerprint density at radius 3 is 2.48 bits per heavy atom. The first kappa shape index (κ1) is 19.9. The maximum absolute atomic E-state index is 11.3. The molecule has 2 aliphatic heterocycles. The van der Waals surface area contributed by atoms with E-state index in [1.165, 1.54) is 38.6 Å². The second-order valence-corrected chi connectivity index (χ2v) is 8.25. The zero-order valence-electron chi connectivity index (χ0n) is 16.5. The van der Waals surface area contributed by atoms with Crippen molar-refractivity contribution in [1.29, 1.82) is 0 Å². The molecule has 0 bridgehead atoms. The molecular formula is C21H32N4O2. The van der Waals surface area contributed by atoms with Crippen LogP contribution in [-0.2, 0) is 4.79 Å². The van der Waals surface area contributed by atoms with Crippen molar-refractivity contribution in [3.05, 3.63) is 35.9 Å². The second kappa shape index (κ2) is 8.87. The molecule has 2 N–H and O–H groups in total. The van der Waals surface area contributed by atoms with Gasteiger partial charge in [-0.05, 0) is 56.1 Å². The molecule has 1 aromatic carbocycles. The van der Waals surface area contributed by atoms with Crippen LogP contribution in [0.4, 0.5) is 5.69 Å². The van der Waals surface area contributed by atoms with Crippen molar-refractivity contribution >= 4 is 17.7 Å². The van der Waals surface area contributed by atoms with Crippen LogP contribution in [0.5, 0.6) is 0 Å². The van der Waals surface area contributed by atoms with E-state index in [4.69, 9.17) is 5.21 Å². The number of anilines is 1. The first-order chi connectivity index (χ1) is 13.0. The lowest BCUT2D eigenvalue weighted by molar-refractivity contribution is -0.124. The first-order valence-electron chi connectivity index (χ1n) is 9.86. The molecule has 0 atom stereocenters. The van der Waals surface area contributed by atoms with E-state index in [2.05, 4.69) is 34.7 Å². The van der Waals surface area contributed by atoms with Crippen LogP contribution in [-0.4, -0.2) is 73.8 Å². The molecule has 0 spiro atoms.